The number of hydrogen-bond acceptors (Lipinski definition) is 1. The fourth-order valence-corrected chi connectivity index (χ4v) is 1.15. The summed E-state index contributed by atoms with van der Waals surface area (Å²) in [5, 5.41) is 0. The molecule has 0 saturated heterocycles. The molecule has 1 nitrogen and oxygen atoms in total. The molecule has 0 aromatic heterocycles. The predicted octanol–water partition coefficient (Wildman–Crippen LogP) is 2.72. The third kappa shape index (κ3) is 7.60. The van der Waals surface area contributed by atoms with Crippen LogP contribution in [0.1, 0.15) is 39.5 Å². The number of hydrogen-bond donors (Lipinski definition) is 1. The molecule has 0 fully saturated rings. The summed E-state index contributed by atoms with van der Waals surface area (Å²) >= 11 is 0. The lowest BCUT2D eigenvalue weighted by molar-refractivity contribution is 0.531. The molecule has 0 aromatic carbocycles. The molecule has 11 heavy (non-hydrogen) atoms. The van der Waals surface area contributed by atoms with Gasteiger partial charge in [-0.05, 0) is 25.3 Å². The first-order valence-corrected chi connectivity index (χ1v) is 4.66. The van der Waals surface area contributed by atoms with E-state index in [1.165, 1.54) is 19.3 Å². The van der Waals surface area contributed by atoms with Crippen molar-refractivity contribution in [3.05, 3.63) is 12.2 Å². The zero-order valence-electron chi connectivity index (χ0n) is 7.84. The quantitative estimate of drug-likeness (QED) is 0.586. The Morgan fingerprint density at radius 3 is 2.64 bits per heavy atom. The van der Waals surface area contributed by atoms with Crippen molar-refractivity contribution in [1.29, 1.82) is 0 Å². The zero-order valence-corrected chi connectivity index (χ0v) is 7.84. The molecule has 0 aliphatic rings. The van der Waals surface area contributed by atoms with E-state index < -0.39 is 0 Å². The molecule has 0 amide bonds. The van der Waals surface area contributed by atoms with Gasteiger partial charge in [-0.15, -0.1) is 0 Å². The van der Waals surface area contributed by atoms with Crippen molar-refractivity contribution < 1.29 is 0 Å². The van der Waals surface area contributed by atoms with Crippen molar-refractivity contribution >= 4 is 0 Å². The van der Waals surface area contributed by atoms with E-state index in [9.17, 15) is 0 Å². The van der Waals surface area contributed by atoms with Crippen LogP contribution in [0.3, 0.4) is 0 Å². The van der Waals surface area contributed by atoms with Crippen molar-refractivity contribution in [2.75, 3.05) is 6.54 Å². The molecule has 66 valence electrons. The van der Waals surface area contributed by atoms with E-state index >= 15 is 0 Å². The van der Waals surface area contributed by atoms with E-state index in [4.69, 9.17) is 5.73 Å². The normalized spacial score (nSPS) is 14.1. The fraction of sp³-hybridized carbons (Fsp3) is 0.800. The molecule has 0 aliphatic heterocycles. The van der Waals surface area contributed by atoms with Crippen LogP contribution in [0.25, 0.3) is 0 Å². The summed E-state index contributed by atoms with van der Waals surface area (Å²) in [7, 11) is 0. The maximum atomic E-state index is 5.35. The van der Waals surface area contributed by atoms with Crippen molar-refractivity contribution in [3.8, 4) is 0 Å². The highest BCUT2D eigenvalue weighted by Gasteiger charge is 1.95. The van der Waals surface area contributed by atoms with Crippen LogP contribution in [0.5, 0.6) is 0 Å². The minimum Gasteiger partial charge on any atom is -0.330 e. The van der Waals surface area contributed by atoms with E-state index in [0.717, 1.165) is 18.9 Å². The summed E-state index contributed by atoms with van der Waals surface area (Å²) in [5.41, 5.74) is 5.35. The van der Waals surface area contributed by atoms with Crippen LogP contribution >= 0.6 is 0 Å². The Kier molecular flexibility index (Phi) is 7.59. The Morgan fingerprint density at radius 2 is 2.09 bits per heavy atom. The average Bonchev–Trinajstić information content (AvgIpc) is 1.99. The van der Waals surface area contributed by atoms with E-state index in [0.29, 0.717) is 0 Å². The summed E-state index contributed by atoms with van der Waals surface area (Å²) in [5.74, 6) is 0.842. The summed E-state index contributed by atoms with van der Waals surface area (Å²) in [4.78, 5) is 0. The van der Waals surface area contributed by atoms with Gasteiger partial charge >= 0.3 is 0 Å². The second-order valence-electron chi connectivity index (χ2n) is 3.18. The minimum atomic E-state index is 0.776. The Bertz CT molecular complexity index is 97.0. The maximum Gasteiger partial charge on any atom is -0.00426 e. The van der Waals surface area contributed by atoms with E-state index in [1.807, 2.05) is 0 Å². The standard InChI is InChI=1S/C10H21N/c1-3-7-10(2)8-5-4-6-9-11/h4-5,10H,3,6-9,11H2,1-2H3. The molecular formula is C10H21N. The van der Waals surface area contributed by atoms with Gasteiger partial charge in [0.05, 0.1) is 0 Å². The predicted molar refractivity (Wildman–Crippen MR) is 51.5 cm³/mol. The van der Waals surface area contributed by atoms with Gasteiger partial charge in [0.1, 0.15) is 0 Å². The lowest BCUT2D eigenvalue weighted by atomic mass is 10.0. The van der Waals surface area contributed by atoms with Gasteiger partial charge in [-0.2, -0.15) is 0 Å². The van der Waals surface area contributed by atoms with Gasteiger partial charge in [-0.3, -0.25) is 0 Å². The number of nitrogens with two attached hydrogens (primary N) is 1. The summed E-state index contributed by atoms with van der Waals surface area (Å²) < 4.78 is 0. The topological polar surface area (TPSA) is 26.0 Å². The zero-order chi connectivity index (χ0) is 8.53. The third-order valence-electron chi connectivity index (χ3n) is 1.82. The molecule has 0 spiro atoms. The molecular weight excluding hydrogens is 134 g/mol. The summed E-state index contributed by atoms with van der Waals surface area (Å²) in [6.07, 6.45) is 9.32. The third-order valence-corrected chi connectivity index (χ3v) is 1.82. The molecule has 2 N–H and O–H groups in total. The monoisotopic (exact) mass is 155 g/mol. The van der Waals surface area contributed by atoms with Crippen molar-refractivity contribution in [2.24, 2.45) is 11.7 Å². The Labute approximate surface area is 70.7 Å². The molecule has 0 aliphatic carbocycles. The molecule has 0 bridgehead atoms. The second kappa shape index (κ2) is 7.80. The molecule has 0 aromatic rings. The minimum absolute atomic E-state index is 0.776. The number of rotatable bonds is 6. The Hall–Kier alpha value is -0.300. The maximum absolute atomic E-state index is 5.35. The average molecular weight is 155 g/mol. The van der Waals surface area contributed by atoms with Crippen LogP contribution in [0.15, 0.2) is 12.2 Å². The van der Waals surface area contributed by atoms with Gasteiger partial charge in [0, 0.05) is 0 Å². The van der Waals surface area contributed by atoms with Crippen LogP contribution in [0.4, 0.5) is 0 Å². The van der Waals surface area contributed by atoms with E-state index in [-0.39, 0.29) is 0 Å². The highest BCUT2D eigenvalue weighted by Crippen LogP contribution is 2.09. The largest absolute Gasteiger partial charge is 0.330 e. The molecule has 1 atom stereocenters. The van der Waals surface area contributed by atoms with Gasteiger partial charge in [-0.25, -0.2) is 0 Å². The molecule has 1 heteroatoms. The van der Waals surface area contributed by atoms with E-state index in [1.54, 1.807) is 0 Å². The molecule has 0 radical (unpaired) electrons. The van der Waals surface area contributed by atoms with Gasteiger partial charge in [-0.1, -0.05) is 38.8 Å². The van der Waals surface area contributed by atoms with Crippen molar-refractivity contribution in [1.82, 2.24) is 0 Å². The SMILES string of the molecule is CCCC(C)CC=CCCN. The molecule has 1 unspecified atom stereocenters. The highest BCUT2D eigenvalue weighted by atomic mass is 14.5. The lowest BCUT2D eigenvalue weighted by Crippen LogP contribution is -1.95. The van der Waals surface area contributed by atoms with Crippen molar-refractivity contribution in [3.63, 3.8) is 0 Å². The van der Waals surface area contributed by atoms with Crippen LogP contribution < -0.4 is 5.73 Å². The second-order valence-corrected chi connectivity index (χ2v) is 3.18. The van der Waals surface area contributed by atoms with Gasteiger partial charge in [0.15, 0.2) is 0 Å². The van der Waals surface area contributed by atoms with Crippen LogP contribution in [-0.2, 0) is 0 Å². The van der Waals surface area contributed by atoms with Crippen LogP contribution in [0, 0.1) is 5.92 Å². The highest BCUT2D eigenvalue weighted by molar-refractivity contribution is 4.83. The smallest absolute Gasteiger partial charge is 0.00426 e. The van der Waals surface area contributed by atoms with Gasteiger partial charge < -0.3 is 5.73 Å². The summed E-state index contributed by atoms with van der Waals surface area (Å²) in [6.45, 7) is 5.31. The first kappa shape index (κ1) is 10.7. The molecule has 0 heterocycles. The first-order valence-electron chi connectivity index (χ1n) is 4.66. The Balaban J connectivity index is 3.21. The van der Waals surface area contributed by atoms with E-state index in [2.05, 4.69) is 26.0 Å². The van der Waals surface area contributed by atoms with Gasteiger partial charge in [0.25, 0.3) is 0 Å². The Morgan fingerprint density at radius 1 is 1.36 bits per heavy atom. The van der Waals surface area contributed by atoms with Gasteiger partial charge in [0.2, 0.25) is 0 Å². The number of allylic oxidation sites excluding steroid dienone is 1. The lowest BCUT2D eigenvalue weighted by Gasteiger charge is -2.04. The van der Waals surface area contributed by atoms with Crippen molar-refractivity contribution in [2.45, 2.75) is 39.5 Å². The van der Waals surface area contributed by atoms with Crippen LogP contribution in [0.2, 0.25) is 0 Å². The fourth-order valence-electron chi connectivity index (χ4n) is 1.15. The summed E-state index contributed by atoms with van der Waals surface area (Å²) in [6, 6.07) is 0. The van der Waals surface area contributed by atoms with Crippen LogP contribution in [-0.4, -0.2) is 6.54 Å². The molecule has 0 saturated carbocycles. The first-order chi connectivity index (χ1) is 5.31. The molecule has 0 rings (SSSR count).